The lowest BCUT2D eigenvalue weighted by Gasteiger charge is -2.29. The molecule has 21 heavy (non-hydrogen) atoms. The first-order valence-corrected chi connectivity index (χ1v) is 7.76. The van der Waals surface area contributed by atoms with Crippen molar-refractivity contribution in [3.63, 3.8) is 0 Å². The number of hydrogen-bond acceptors (Lipinski definition) is 4. The number of fused-ring (bicyclic) bond motifs is 1. The molecule has 0 unspecified atom stereocenters. The highest BCUT2D eigenvalue weighted by Gasteiger charge is 2.13. The van der Waals surface area contributed by atoms with E-state index in [-0.39, 0.29) is 0 Å². The van der Waals surface area contributed by atoms with E-state index in [1.54, 1.807) is 0 Å². The minimum absolute atomic E-state index is 0.811. The summed E-state index contributed by atoms with van der Waals surface area (Å²) in [6, 6.07) is 8.69. The molecule has 2 aromatic rings. The Balaban J connectivity index is 1.99. The summed E-state index contributed by atoms with van der Waals surface area (Å²) in [6.45, 7) is 8.76. The van der Waals surface area contributed by atoms with Gasteiger partial charge < -0.3 is 15.0 Å². The number of rotatable bonds is 4. The lowest BCUT2D eigenvalue weighted by Crippen LogP contribution is -2.36. The van der Waals surface area contributed by atoms with Gasteiger partial charge in [-0.2, -0.15) is 0 Å². The molecule has 1 aliphatic rings. The number of morpholine rings is 1. The van der Waals surface area contributed by atoms with Crippen molar-refractivity contribution >= 4 is 22.3 Å². The van der Waals surface area contributed by atoms with Gasteiger partial charge in [-0.15, -0.1) is 0 Å². The van der Waals surface area contributed by atoms with E-state index in [1.807, 2.05) is 6.92 Å². The summed E-state index contributed by atoms with van der Waals surface area (Å²) in [5, 5.41) is 4.73. The number of aryl methyl sites for hydroxylation is 1. The minimum Gasteiger partial charge on any atom is -0.384 e. The van der Waals surface area contributed by atoms with E-state index < -0.39 is 0 Å². The topological polar surface area (TPSA) is 37.4 Å². The molecule has 0 atom stereocenters. The average molecular weight is 285 g/mol. The largest absolute Gasteiger partial charge is 0.384 e. The molecule has 3 rings (SSSR count). The van der Waals surface area contributed by atoms with Crippen LogP contribution in [0.2, 0.25) is 0 Å². The van der Waals surface area contributed by atoms with Crippen LogP contribution in [0, 0.1) is 6.92 Å². The molecule has 0 aliphatic carbocycles. The second kappa shape index (κ2) is 6.31. The van der Waals surface area contributed by atoms with Gasteiger partial charge >= 0.3 is 0 Å². The summed E-state index contributed by atoms with van der Waals surface area (Å²) >= 11 is 0. The summed E-state index contributed by atoms with van der Waals surface area (Å²) in [4.78, 5) is 7.03. The molecular weight excluding hydrogens is 262 g/mol. The Hall–Kier alpha value is -1.81. The Kier molecular flexibility index (Phi) is 4.25. The minimum atomic E-state index is 0.811. The molecule has 4 nitrogen and oxygen atoms in total. The molecule has 1 aliphatic heterocycles. The molecule has 0 saturated carbocycles. The van der Waals surface area contributed by atoms with Gasteiger partial charge in [0.2, 0.25) is 0 Å². The third-order valence-electron chi connectivity index (χ3n) is 3.86. The lowest BCUT2D eigenvalue weighted by molar-refractivity contribution is 0.122. The fourth-order valence-electron chi connectivity index (χ4n) is 2.77. The molecule has 1 aromatic heterocycles. The first-order valence-electron chi connectivity index (χ1n) is 7.76. The molecule has 1 aromatic carbocycles. The maximum atomic E-state index is 5.43. The summed E-state index contributed by atoms with van der Waals surface area (Å²) in [6.07, 6.45) is 1.12. The number of anilines is 2. The zero-order valence-corrected chi connectivity index (χ0v) is 12.9. The van der Waals surface area contributed by atoms with E-state index >= 15 is 0 Å². The molecular formula is C17H23N3O. The maximum Gasteiger partial charge on any atom is 0.0727 e. The van der Waals surface area contributed by atoms with Crippen LogP contribution in [0.5, 0.6) is 0 Å². The van der Waals surface area contributed by atoms with Crippen molar-refractivity contribution in [3.05, 3.63) is 30.0 Å². The van der Waals surface area contributed by atoms with Gasteiger partial charge in [-0.3, -0.25) is 4.98 Å². The number of aromatic nitrogens is 1. The molecule has 0 spiro atoms. The second-order valence-electron chi connectivity index (χ2n) is 5.54. The Labute approximate surface area is 126 Å². The smallest absolute Gasteiger partial charge is 0.0727 e. The van der Waals surface area contributed by atoms with Crippen LogP contribution in [0.1, 0.15) is 19.0 Å². The number of benzene rings is 1. The number of pyridine rings is 1. The number of nitrogens with one attached hydrogen (secondary N) is 1. The standard InChI is InChI=1S/C17H23N3O/c1-3-6-18-17-11-13(2)19-16-5-4-14(12-15(16)17)20-7-9-21-10-8-20/h4-5,11-12H,3,6-10H2,1-2H3,(H,18,19). The highest BCUT2D eigenvalue weighted by atomic mass is 16.5. The van der Waals surface area contributed by atoms with E-state index in [0.29, 0.717) is 0 Å². The van der Waals surface area contributed by atoms with E-state index in [9.17, 15) is 0 Å². The van der Waals surface area contributed by atoms with Gasteiger partial charge in [0.1, 0.15) is 0 Å². The Morgan fingerprint density at radius 2 is 2.05 bits per heavy atom. The van der Waals surface area contributed by atoms with Crippen LogP contribution in [-0.4, -0.2) is 37.8 Å². The van der Waals surface area contributed by atoms with Gasteiger partial charge in [0, 0.05) is 42.1 Å². The van der Waals surface area contributed by atoms with Crippen LogP contribution in [0.25, 0.3) is 10.9 Å². The zero-order chi connectivity index (χ0) is 14.7. The van der Waals surface area contributed by atoms with E-state index in [0.717, 1.165) is 50.5 Å². The van der Waals surface area contributed by atoms with Crippen molar-refractivity contribution in [2.45, 2.75) is 20.3 Å². The first-order chi connectivity index (χ1) is 10.3. The van der Waals surface area contributed by atoms with Crippen LogP contribution in [0.3, 0.4) is 0 Å². The first kappa shape index (κ1) is 14.1. The van der Waals surface area contributed by atoms with E-state index in [4.69, 9.17) is 4.74 Å². The SMILES string of the molecule is CCCNc1cc(C)nc2ccc(N3CCOCC3)cc12. The van der Waals surface area contributed by atoms with Crippen molar-refractivity contribution in [3.8, 4) is 0 Å². The van der Waals surface area contributed by atoms with Crippen LogP contribution in [-0.2, 0) is 4.74 Å². The summed E-state index contributed by atoms with van der Waals surface area (Å²) < 4.78 is 5.43. The monoisotopic (exact) mass is 285 g/mol. The Bertz CT molecular complexity index is 621. The van der Waals surface area contributed by atoms with Crippen molar-refractivity contribution in [1.82, 2.24) is 4.98 Å². The van der Waals surface area contributed by atoms with E-state index in [1.165, 1.54) is 16.8 Å². The lowest BCUT2D eigenvalue weighted by atomic mass is 10.1. The molecule has 4 heteroatoms. The fraction of sp³-hybridized carbons (Fsp3) is 0.471. The summed E-state index contributed by atoms with van der Waals surface area (Å²) in [7, 11) is 0. The number of hydrogen-bond donors (Lipinski definition) is 1. The maximum absolute atomic E-state index is 5.43. The van der Waals surface area contributed by atoms with Gasteiger partial charge in [0.05, 0.1) is 18.7 Å². The van der Waals surface area contributed by atoms with Gasteiger partial charge in [0.15, 0.2) is 0 Å². The summed E-state index contributed by atoms with van der Waals surface area (Å²) in [5.41, 5.74) is 4.57. The predicted molar refractivity (Wildman–Crippen MR) is 88.3 cm³/mol. The molecule has 0 amide bonds. The fourth-order valence-corrected chi connectivity index (χ4v) is 2.77. The van der Waals surface area contributed by atoms with Crippen molar-refractivity contribution in [2.75, 3.05) is 43.1 Å². The highest BCUT2D eigenvalue weighted by molar-refractivity contribution is 5.94. The number of ether oxygens (including phenoxy) is 1. The second-order valence-corrected chi connectivity index (χ2v) is 5.54. The molecule has 0 radical (unpaired) electrons. The number of nitrogens with zero attached hydrogens (tertiary/aromatic N) is 2. The van der Waals surface area contributed by atoms with Crippen LogP contribution < -0.4 is 10.2 Å². The molecule has 0 bridgehead atoms. The van der Waals surface area contributed by atoms with Gasteiger partial charge in [-0.05, 0) is 37.6 Å². The normalized spacial score (nSPS) is 15.4. The van der Waals surface area contributed by atoms with Crippen LogP contribution >= 0.6 is 0 Å². The van der Waals surface area contributed by atoms with Crippen molar-refractivity contribution in [1.29, 1.82) is 0 Å². The van der Waals surface area contributed by atoms with Gasteiger partial charge in [-0.1, -0.05) is 6.92 Å². The summed E-state index contributed by atoms with van der Waals surface area (Å²) in [5.74, 6) is 0. The third kappa shape index (κ3) is 3.10. The molecule has 1 fully saturated rings. The Morgan fingerprint density at radius 3 is 2.81 bits per heavy atom. The molecule has 112 valence electrons. The van der Waals surface area contributed by atoms with Gasteiger partial charge in [0.25, 0.3) is 0 Å². The molecule has 2 heterocycles. The Morgan fingerprint density at radius 1 is 1.24 bits per heavy atom. The molecule has 1 N–H and O–H groups in total. The quantitative estimate of drug-likeness (QED) is 0.936. The molecule has 1 saturated heterocycles. The van der Waals surface area contributed by atoms with Crippen molar-refractivity contribution < 1.29 is 4.74 Å². The van der Waals surface area contributed by atoms with E-state index in [2.05, 4.69) is 46.4 Å². The van der Waals surface area contributed by atoms with Crippen molar-refractivity contribution in [2.24, 2.45) is 0 Å². The zero-order valence-electron chi connectivity index (χ0n) is 12.9. The predicted octanol–water partition coefficient (Wildman–Crippen LogP) is 3.20. The van der Waals surface area contributed by atoms with Crippen LogP contribution in [0.15, 0.2) is 24.3 Å². The van der Waals surface area contributed by atoms with Gasteiger partial charge in [-0.25, -0.2) is 0 Å². The third-order valence-corrected chi connectivity index (χ3v) is 3.86. The average Bonchev–Trinajstić information content (AvgIpc) is 2.53. The highest BCUT2D eigenvalue weighted by Crippen LogP contribution is 2.28. The van der Waals surface area contributed by atoms with Crippen LogP contribution in [0.4, 0.5) is 11.4 Å².